The molecule has 13 heavy (non-hydrogen) atoms. The lowest BCUT2D eigenvalue weighted by molar-refractivity contribution is 0.919. The van der Waals surface area contributed by atoms with Crippen molar-refractivity contribution in [3.8, 4) is 11.4 Å². The summed E-state index contributed by atoms with van der Waals surface area (Å²) in [5.74, 6) is 0.764. The summed E-state index contributed by atoms with van der Waals surface area (Å²) in [6.45, 7) is 0. The van der Waals surface area contributed by atoms with Gasteiger partial charge in [-0.15, -0.1) is 10.2 Å². The van der Waals surface area contributed by atoms with Crippen LogP contribution in [0.25, 0.3) is 11.4 Å². The number of nitrogen functional groups attached to an aromatic ring is 1. The summed E-state index contributed by atoms with van der Waals surface area (Å²) in [6.07, 6.45) is 4.94. The summed E-state index contributed by atoms with van der Waals surface area (Å²) in [4.78, 5) is 3.98. The van der Waals surface area contributed by atoms with Crippen molar-refractivity contribution in [2.24, 2.45) is 7.05 Å². The van der Waals surface area contributed by atoms with Crippen molar-refractivity contribution < 1.29 is 0 Å². The van der Waals surface area contributed by atoms with Crippen molar-refractivity contribution >= 4 is 5.69 Å². The molecule has 0 amide bonds. The highest BCUT2D eigenvalue weighted by atomic mass is 15.2. The highest BCUT2D eigenvalue weighted by Gasteiger charge is 2.03. The summed E-state index contributed by atoms with van der Waals surface area (Å²) in [5.41, 5.74) is 7.10. The van der Waals surface area contributed by atoms with Crippen LogP contribution in [0.3, 0.4) is 0 Å². The molecule has 66 valence electrons. The number of hydrogen-bond donors (Lipinski definition) is 1. The first-order valence-electron chi connectivity index (χ1n) is 3.82. The van der Waals surface area contributed by atoms with Crippen molar-refractivity contribution in [3.63, 3.8) is 0 Å². The Labute approximate surface area is 75.2 Å². The number of rotatable bonds is 1. The van der Waals surface area contributed by atoms with Crippen molar-refractivity contribution in [3.05, 3.63) is 24.8 Å². The standard InChI is InChI=1S/C8H9N5/c1-13-5-11-12-8(13)6-2-7(9)4-10-3-6/h2-5H,9H2,1H3. The summed E-state index contributed by atoms with van der Waals surface area (Å²) in [6, 6.07) is 1.82. The van der Waals surface area contributed by atoms with Gasteiger partial charge in [-0.25, -0.2) is 0 Å². The van der Waals surface area contributed by atoms with E-state index in [-0.39, 0.29) is 0 Å². The maximum atomic E-state index is 5.59. The van der Waals surface area contributed by atoms with Gasteiger partial charge in [0, 0.05) is 25.0 Å². The van der Waals surface area contributed by atoms with Gasteiger partial charge >= 0.3 is 0 Å². The molecule has 0 unspecified atom stereocenters. The third kappa shape index (κ3) is 1.35. The first-order chi connectivity index (χ1) is 6.27. The van der Waals surface area contributed by atoms with E-state index < -0.39 is 0 Å². The van der Waals surface area contributed by atoms with E-state index in [0.717, 1.165) is 11.4 Å². The summed E-state index contributed by atoms with van der Waals surface area (Å²) in [7, 11) is 1.87. The molecule has 2 rings (SSSR count). The molecule has 0 aliphatic carbocycles. The first-order valence-corrected chi connectivity index (χ1v) is 3.82. The molecular weight excluding hydrogens is 166 g/mol. The zero-order valence-electron chi connectivity index (χ0n) is 7.18. The Morgan fingerprint density at radius 2 is 2.23 bits per heavy atom. The molecule has 0 spiro atoms. The second-order valence-electron chi connectivity index (χ2n) is 2.77. The van der Waals surface area contributed by atoms with Gasteiger partial charge in [0.25, 0.3) is 0 Å². The second kappa shape index (κ2) is 2.85. The lowest BCUT2D eigenvalue weighted by Gasteiger charge is -1.99. The Hall–Kier alpha value is -1.91. The van der Waals surface area contributed by atoms with Crippen LogP contribution in [0.15, 0.2) is 24.8 Å². The molecule has 0 aliphatic rings. The van der Waals surface area contributed by atoms with Crippen LogP contribution in [0.5, 0.6) is 0 Å². The van der Waals surface area contributed by atoms with Gasteiger partial charge in [0.05, 0.1) is 5.69 Å². The Balaban J connectivity index is 2.53. The average Bonchev–Trinajstić information content (AvgIpc) is 2.51. The minimum atomic E-state index is 0.625. The maximum Gasteiger partial charge on any atom is 0.165 e. The molecule has 5 nitrogen and oxygen atoms in total. The fraction of sp³-hybridized carbons (Fsp3) is 0.125. The molecule has 2 aromatic heterocycles. The molecule has 0 aromatic carbocycles. The zero-order valence-corrected chi connectivity index (χ0v) is 7.18. The van der Waals surface area contributed by atoms with E-state index in [0.29, 0.717) is 5.69 Å². The fourth-order valence-electron chi connectivity index (χ4n) is 1.12. The molecule has 0 fully saturated rings. The van der Waals surface area contributed by atoms with Crippen molar-refractivity contribution in [2.45, 2.75) is 0 Å². The highest BCUT2D eigenvalue weighted by Crippen LogP contribution is 2.16. The normalized spacial score (nSPS) is 10.2. The number of aromatic nitrogens is 4. The van der Waals surface area contributed by atoms with Crippen LogP contribution in [0.2, 0.25) is 0 Å². The van der Waals surface area contributed by atoms with E-state index in [4.69, 9.17) is 5.73 Å². The van der Waals surface area contributed by atoms with Gasteiger partial charge in [-0.05, 0) is 6.07 Å². The number of anilines is 1. The summed E-state index contributed by atoms with van der Waals surface area (Å²) >= 11 is 0. The van der Waals surface area contributed by atoms with Crippen molar-refractivity contribution in [2.75, 3.05) is 5.73 Å². The van der Waals surface area contributed by atoms with Crippen LogP contribution in [0, 0.1) is 0 Å². The first kappa shape index (κ1) is 7.72. The van der Waals surface area contributed by atoms with E-state index in [9.17, 15) is 0 Å². The van der Waals surface area contributed by atoms with Crippen LogP contribution < -0.4 is 5.73 Å². The zero-order chi connectivity index (χ0) is 9.26. The molecule has 0 saturated heterocycles. The molecule has 0 bridgehead atoms. The van der Waals surface area contributed by atoms with E-state index in [1.807, 2.05) is 17.7 Å². The number of hydrogen-bond acceptors (Lipinski definition) is 4. The predicted molar refractivity (Wildman–Crippen MR) is 48.6 cm³/mol. The monoisotopic (exact) mass is 175 g/mol. The molecule has 0 radical (unpaired) electrons. The summed E-state index contributed by atoms with van der Waals surface area (Å²) < 4.78 is 1.82. The minimum absolute atomic E-state index is 0.625. The van der Waals surface area contributed by atoms with Gasteiger partial charge in [0.1, 0.15) is 6.33 Å². The highest BCUT2D eigenvalue weighted by molar-refractivity contribution is 5.58. The lowest BCUT2D eigenvalue weighted by atomic mass is 10.2. The van der Waals surface area contributed by atoms with Crippen LogP contribution in [0.4, 0.5) is 5.69 Å². The van der Waals surface area contributed by atoms with Crippen molar-refractivity contribution in [1.82, 2.24) is 19.7 Å². The van der Waals surface area contributed by atoms with Crippen LogP contribution in [-0.2, 0) is 7.05 Å². The number of pyridine rings is 1. The average molecular weight is 175 g/mol. The van der Waals surface area contributed by atoms with Gasteiger partial charge in [-0.1, -0.05) is 0 Å². The lowest BCUT2D eigenvalue weighted by Crippen LogP contribution is -1.93. The minimum Gasteiger partial charge on any atom is -0.397 e. The maximum absolute atomic E-state index is 5.59. The SMILES string of the molecule is Cn1cnnc1-c1cncc(N)c1. The molecule has 2 N–H and O–H groups in total. The van der Waals surface area contributed by atoms with Gasteiger partial charge in [0.2, 0.25) is 0 Å². The van der Waals surface area contributed by atoms with Gasteiger partial charge in [-0.2, -0.15) is 0 Å². The van der Waals surface area contributed by atoms with E-state index in [1.54, 1.807) is 18.7 Å². The predicted octanol–water partition coefficient (Wildman–Crippen LogP) is 0.459. The second-order valence-corrected chi connectivity index (χ2v) is 2.77. The topological polar surface area (TPSA) is 69.6 Å². The van der Waals surface area contributed by atoms with Crippen LogP contribution >= 0.6 is 0 Å². The Bertz CT molecular complexity index is 420. The van der Waals surface area contributed by atoms with E-state index >= 15 is 0 Å². The molecule has 0 atom stereocenters. The van der Waals surface area contributed by atoms with E-state index in [2.05, 4.69) is 15.2 Å². The molecule has 0 saturated carbocycles. The number of aryl methyl sites for hydroxylation is 1. The Morgan fingerprint density at radius 3 is 2.85 bits per heavy atom. The Morgan fingerprint density at radius 1 is 1.38 bits per heavy atom. The molecular formula is C8H9N5. The van der Waals surface area contributed by atoms with Crippen LogP contribution in [0.1, 0.15) is 0 Å². The van der Waals surface area contributed by atoms with Crippen molar-refractivity contribution in [1.29, 1.82) is 0 Å². The number of nitrogens with zero attached hydrogens (tertiary/aromatic N) is 4. The van der Waals surface area contributed by atoms with Crippen LogP contribution in [-0.4, -0.2) is 19.7 Å². The van der Waals surface area contributed by atoms with E-state index in [1.165, 1.54) is 0 Å². The molecule has 5 heteroatoms. The summed E-state index contributed by atoms with van der Waals surface area (Å²) in [5, 5.41) is 7.72. The number of nitrogens with two attached hydrogens (primary N) is 1. The quantitative estimate of drug-likeness (QED) is 0.683. The molecule has 2 aromatic rings. The smallest absolute Gasteiger partial charge is 0.165 e. The fourth-order valence-corrected chi connectivity index (χ4v) is 1.12. The third-order valence-electron chi connectivity index (χ3n) is 1.73. The molecule has 0 aliphatic heterocycles. The third-order valence-corrected chi connectivity index (χ3v) is 1.73. The Kier molecular flexibility index (Phi) is 1.70. The van der Waals surface area contributed by atoms with Gasteiger partial charge in [0.15, 0.2) is 5.82 Å². The molecule has 2 heterocycles. The van der Waals surface area contributed by atoms with Gasteiger partial charge in [-0.3, -0.25) is 4.98 Å². The largest absolute Gasteiger partial charge is 0.397 e. The van der Waals surface area contributed by atoms with Gasteiger partial charge < -0.3 is 10.3 Å².